The van der Waals surface area contributed by atoms with Crippen LogP contribution in [0.4, 0.5) is 0 Å². The van der Waals surface area contributed by atoms with Crippen LogP contribution in [0.25, 0.3) is 10.9 Å². The lowest BCUT2D eigenvalue weighted by Crippen LogP contribution is -2.47. The van der Waals surface area contributed by atoms with Gasteiger partial charge in [-0.2, -0.15) is 0 Å². The van der Waals surface area contributed by atoms with E-state index in [-0.39, 0.29) is 10.5 Å². The maximum absolute atomic E-state index is 12.3. The van der Waals surface area contributed by atoms with Crippen LogP contribution in [0.15, 0.2) is 36.5 Å². The molecule has 0 radical (unpaired) electrons. The van der Waals surface area contributed by atoms with Crippen molar-refractivity contribution in [1.82, 2.24) is 4.98 Å². The van der Waals surface area contributed by atoms with Crippen LogP contribution < -0.4 is 0 Å². The van der Waals surface area contributed by atoms with Gasteiger partial charge in [0.1, 0.15) is 0 Å². The Morgan fingerprint density at radius 1 is 1.19 bits per heavy atom. The Morgan fingerprint density at radius 3 is 2.71 bits per heavy atom. The number of fused-ring (bicyclic) bond motifs is 3. The van der Waals surface area contributed by atoms with Gasteiger partial charge < -0.3 is 5.11 Å². The van der Waals surface area contributed by atoms with E-state index in [0.29, 0.717) is 12.8 Å². The van der Waals surface area contributed by atoms with Crippen molar-refractivity contribution in [2.75, 3.05) is 0 Å². The second-order valence-electron chi connectivity index (χ2n) is 6.35. The summed E-state index contributed by atoms with van der Waals surface area (Å²) in [6.45, 7) is 0. The molecule has 2 aliphatic rings. The maximum Gasteiger partial charge on any atom is 0.0919 e. The molecule has 3 nitrogen and oxygen atoms in total. The molecular weight excluding hydrogens is 282 g/mol. The fraction of sp³-hybridized carbons (Fsp3) is 0.471. The first-order valence-corrected chi connectivity index (χ1v) is 8.90. The predicted molar refractivity (Wildman–Crippen MR) is 84.4 cm³/mol. The molecule has 2 bridgehead atoms. The van der Waals surface area contributed by atoms with E-state index in [0.717, 1.165) is 35.7 Å². The summed E-state index contributed by atoms with van der Waals surface area (Å²) in [5, 5.41) is 12.5. The predicted octanol–water partition coefficient (Wildman–Crippen LogP) is 2.89. The molecule has 2 unspecified atom stereocenters. The van der Waals surface area contributed by atoms with Gasteiger partial charge in [0.15, 0.2) is 0 Å². The molecule has 3 heterocycles. The zero-order valence-electron chi connectivity index (χ0n) is 11.9. The van der Waals surface area contributed by atoms with Crippen molar-refractivity contribution in [1.29, 1.82) is 0 Å². The third-order valence-electron chi connectivity index (χ3n) is 4.98. The molecule has 2 atom stereocenters. The van der Waals surface area contributed by atoms with Gasteiger partial charge in [0.2, 0.25) is 0 Å². The standard InChI is InChI=1S/C17H19NO2S/c19-17(10-14-4-1-5-15(11-17)21(14)20)13-6-7-16-12(9-13)3-2-8-18-16/h2-3,6-9,14-15,19H,1,4-5,10-11H2. The van der Waals surface area contributed by atoms with E-state index in [4.69, 9.17) is 0 Å². The Morgan fingerprint density at radius 2 is 1.95 bits per heavy atom. The number of rotatable bonds is 1. The summed E-state index contributed by atoms with van der Waals surface area (Å²) >= 11 is 0. The maximum atomic E-state index is 12.3. The van der Waals surface area contributed by atoms with Gasteiger partial charge in [-0.25, -0.2) is 0 Å². The lowest BCUT2D eigenvalue weighted by molar-refractivity contribution is 0.00666. The van der Waals surface area contributed by atoms with E-state index in [1.807, 2.05) is 30.3 Å². The number of hydrogen-bond acceptors (Lipinski definition) is 3. The van der Waals surface area contributed by atoms with Crippen LogP contribution in [-0.4, -0.2) is 24.8 Å². The van der Waals surface area contributed by atoms with E-state index in [9.17, 15) is 9.32 Å². The van der Waals surface area contributed by atoms with Crippen LogP contribution in [0.5, 0.6) is 0 Å². The molecule has 4 rings (SSSR count). The highest BCUT2D eigenvalue weighted by Crippen LogP contribution is 2.44. The molecule has 2 fully saturated rings. The molecule has 21 heavy (non-hydrogen) atoms. The van der Waals surface area contributed by atoms with E-state index >= 15 is 0 Å². The average Bonchev–Trinajstić information content (AvgIpc) is 2.49. The molecule has 1 N–H and O–H groups in total. The topological polar surface area (TPSA) is 50.2 Å². The summed E-state index contributed by atoms with van der Waals surface area (Å²) in [6, 6.07) is 9.95. The van der Waals surface area contributed by atoms with E-state index < -0.39 is 16.4 Å². The zero-order chi connectivity index (χ0) is 14.4. The first kappa shape index (κ1) is 13.4. The summed E-state index contributed by atoms with van der Waals surface area (Å²) in [7, 11) is -0.756. The highest BCUT2D eigenvalue weighted by atomic mass is 32.2. The highest BCUT2D eigenvalue weighted by Gasteiger charge is 2.46. The summed E-state index contributed by atoms with van der Waals surface area (Å²) in [5.74, 6) is 0. The van der Waals surface area contributed by atoms with Crippen molar-refractivity contribution in [3.63, 3.8) is 0 Å². The monoisotopic (exact) mass is 301 g/mol. The summed E-state index contributed by atoms with van der Waals surface area (Å²) in [6.07, 6.45) is 6.16. The molecule has 1 aromatic carbocycles. The van der Waals surface area contributed by atoms with Crippen molar-refractivity contribution in [2.24, 2.45) is 0 Å². The number of benzene rings is 1. The van der Waals surface area contributed by atoms with E-state index in [2.05, 4.69) is 4.98 Å². The summed E-state index contributed by atoms with van der Waals surface area (Å²) < 4.78 is 12.3. The van der Waals surface area contributed by atoms with Gasteiger partial charge in [-0.1, -0.05) is 18.6 Å². The third-order valence-corrected chi connectivity index (χ3v) is 7.10. The molecule has 0 spiro atoms. The molecule has 0 aliphatic carbocycles. The molecular formula is C17H19NO2S. The SMILES string of the molecule is O=S1C2CCCC1CC(O)(c1ccc3ncccc3c1)C2. The largest absolute Gasteiger partial charge is 0.385 e. The number of aromatic nitrogens is 1. The van der Waals surface area contributed by atoms with Crippen molar-refractivity contribution >= 4 is 21.7 Å². The third kappa shape index (κ3) is 2.21. The Labute approximate surface area is 126 Å². The van der Waals surface area contributed by atoms with Crippen molar-refractivity contribution < 1.29 is 9.32 Å². The fourth-order valence-corrected chi connectivity index (χ4v) is 6.11. The van der Waals surface area contributed by atoms with Crippen LogP contribution >= 0.6 is 0 Å². The first-order chi connectivity index (χ1) is 10.2. The van der Waals surface area contributed by atoms with Gasteiger partial charge in [0, 0.05) is 32.9 Å². The van der Waals surface area contributed by atoms with Crippen molar-refractivity contribution in [3.05, 3.63) is 42.1 Å². The smallest absolute Gasteiger partial charge is 0.0919 e. The quantitative estimate of drug-likeness (QED) is 0.881. The van der Waals surface area contributed by atoms with Gasteiger partial charge in [-0.15, -0.1) is 0 Å². The molecule has 1 aromatic heterocycles. The molecule has 2 saturated heterocycles. The van der Waals surface area contributed by atoms with Crippen molar-refractivity contribution in [3.8, 4) is 0 Å². The lowest BCUT2D eigenvalue weighted by atomic mass is 9.80. The molecule has 0 saturated carbocycles. The van der Waals surface area contributed by atoms with Crippen LogP contribution in [-0.2, 0) is 16.4 Å². The average molecular weight is 301 g/mol. The minimum atomic E-state index is -0.826. The second kappa shape index (κ2) is 4.89. The van der Waals surface area contributed by atoms with Crippen LogP contribution in [0, 0.1) is 0 Å². The first-order valence-electron chi connectivity index (χ1n) is 7.63. The Kier molecular flexibility index (Phi) is 3.12. The molecule has 4 heteroatoms. The highest BCUT2D eigenvalue weighted by molar-refractivity contribution is 7.86. The molecule has 2 aliphatic heterocycles. The van der Waals surface area contributed by atoms with Gasteiger partial charge >= 0.3 is 0 Å². The fourth-order valence-electron chi connectivity index (χ4n) is 3.88. The lowest BCUT2D eigenvalue weighted by Gasteiger charge is -2.43. The number of hydrogen-bond donors (Lipinski definition) is 1. The van der Waals surface area contributed by atoms with E-state index in [1.165, 1.54) is 0 Å². The van der Waals surface area contributed by atoms with Gasteiger partial charge in [0.05, 0.1) is 11.1 Å². The van der Waals surface area contributed by atoms with Crippen LogP contribution in [0.2, 0.25) is 0 Å². The van der Waals surface area contributed by atoms with Gasteiger partial charge in [-0.05, 0) is 49.4 Å². The molecule has 110 valence electrons. The minimum absolute atomic E-state index is 0.159. The van der Waals surface area contributed by atoms with Gasteiger partial charge in [0.25, 0.3) is 0 Å². The normalized spacial score (nSPS) is 35.8. The number of pyridine rings is 1. The molecule has 0 amide bonds. The zero-order valence-corrected chi connectivity index (χ0v) is 12.7. The van der Waals surface area contributed by atoms with Crippen LogP contribution in [0.1, 0.15) is 37.7 Å². The Hall–Kier alpha value is -1.26. The van der Waals surface area contributed by atoms with Gasteiger partial charge in [-0.3, -0.25) is 9.19 Å². The minimum Gasteiger partial charge on any atom is -0.385 e. The van der Waals surface area contributed by atoms with E-state index in [1.54, 1.807) is 6.20 Å². The second-order valence-corrected chi connectivity index (χ2v) is 8.34. The Bertz CT molecular complexity index is 699. The molecule has 2 aromatic rings. The number of aliphatic hydroxyl groups is 1. The Balaban J connectivity index is 1.75. The van der Waals surface area contributed by atoms with Crippen LogP contribution in [0.3, 0.4) is 0 Å². The van der Waals surface area contributed by atoms with Crippen molar-refractivity contribution in [2.45, 2.75) is 48.2 Å². The summed E-state index contributed by atoms with van der Waals surface area (Å²) in [5.41, 5.74) is 1.08. The number of nitrogens with zero attached hydrogens (tertiary/aromatic N) is 1. The summed E-state index contributed by atoms with van der Waals surface area (Å²) in [4.78, 5) is 4.33.